The van der Waals surface area contributed by atoms with Gasteiger partial charge in [-0.3, -0.25) is 4.98 Å². The molecule has 3 rings (SSSR count). The van der Waals surface area contributed by atoms with Crippen molar-refractivity contribution in [1.82, 2.24) is 4.98 Å². The van der Waals surface area contributed by atoms with Gasteiger partial charge in [0.15, 0.2) is 0 Å². The summed E-state index contributed by atoms with van der Waals surface area (Å²) in [6, 6.07) is 1.80. The lowest BCUT2D eigenvalue weighted by molar-refractivity contribution is 0.0696. The molecule has 21 heavy (non-hydrogen) atoms. The summed E-state index contributed by atoms with van der Waals surface area (Å²) in [7, 11) is 0. The van der Waals surface area contributed by atoms with Gasteiger partial charge in [0.25, 0.3) is 0 Å². The van der Waals surface area contributed by atoms with Gasteiger partial charge in [-0.1, -0.05) is 13.8 Å². The zero-order valence-electron chi connectivity index (χ0n) is 11.8. The molecule has 1 aromatic carbocycles. The molecule has 0 aliphatic heterocycles. The molecule has 2 atom stereocenters. The summed E-state index contributed by atoms with van der Waals surface area (Å²) in [6.45, 7) is 3.89. The van der Waals surface area contributed by atoms with Crippen molar-refractivity contribution in [3.8, 4) is 0 Å². The van der Waals surface area contributed by atoms with E-state index in [1.165, 1.54) is 0 Å². The van der Waals surface area contributed by atoms with Crippen LogP contribution >= 0.6 is 0 Å². The largest absolute Gasteiger partial charge is 0.478 e. The van der Waals surface area contributed by atoms with Gasteiger partial charge in [0.05, 0.1) is 16.5 Å². The lowest BCUT2D eigenvalue weighted by Gasteiger charge is -2.28. The van der Waals surface area contributed by atoms with E-state index in [0.29, 0.717) is 17.3 Å². The van der Waals surface area contributed by atoms with E-state index in [9.17, 15) is 18.7 Å². The quantitative estimate of drug-likeness (QED) is 0.856. The number of pyridine rings is 1. The fraction of sp³-hybridized carbons (Fsp3) is 0.375. The second kappa shape index (κ2) is 4.76. The molecule has 0 spiro atoms. The summed E-state index contributed by atoms with van der Waals surface area (Å²) in [4.78, 5) is 16.1. The number of nitrogens with zero attached hydrogens (tertiary/aromatic N) is 1. The number of aromatic nitrogens is 1. The van der Waals surface area contributed by atoms with Crippen LogP contribution < -0.4 is 0 Å². The summed E-state index contributed by atoms with van der Waals surface area (Å²) in [5.74, 6) is -2.72. The molecule has 1 N–H and O–H groups in total. The second-order valence-electron chi connectivity index (χ2n) is 5.75. The Balaban J connectivity index is 2.50. The van der Waals surface area contributed by atoms with Crippen LogP contribution in [0.4, 0.5) is 8.78 Å². The van der Waals surface area contributed by atoms with Crippen molar-refractivity contribution >= 4 is 16.9 Å². The van der Waals surface area contributed by atoms with Crippen LogP contribution in [0, 0.1) is 11.6 Å². The highest BCUT2D eigenvalue weighted by Crippen LogP contribution is 2.42. The highest BCUT2D eigenvalue weighted by molar-refractivity contribution is 6.04. The first kappa shape index (κ1) is 13.9. The van der Waals surface area contributed by atoms with Crippen LogP contribution in [0.1, 0.15) is 60.1 Å². The molecule has 0 amide bonds. The van der Waals surface area contributed by atoms with Gasteiger partial charge >= 0.3 is 5.97 Å². The SMILES string of the molecule is CC1CCC(C)c2c1nc1cc(F)cc(F)c1c2C(=O)O. The highest BCUT2D eigenvalue weighted by atomic mass is 19.1. The first-order valence-electron chi connectivity index (χ1n) is 6.96. The van der Waals surface area contributed by atoms with Gasteiger partial charge in [0, 0.05) is 17.8 Å². The maximum Gasteiger partial charge on any atom is 0.336 e. The third-order valence-corrected chi connectivity index (χ3v) is 4.28. The van der Waals surface area contributed by atoms with Crippen molar-refractivity contribution in [2.24, 2.45) is 0 Å². The third-order valence-electron chi connectivity index (χ3n) is 4.28. The van der Waals surface area contributed by atoms with Crippen LogP contribution in [0.15, 0.2) is 12.1 Å². The van der Waals surface area contributed by atoms with Crippen LogP contribution in [0.5, 0.6) is 0 Å². The summed E-state index contributed by atoms with van der Waals surface area (Å²) in [5.41, 5.74) is 1.26. The molecule has 2 unspecified atom stereocenters. The van der Waals surface area contributed by atoms with Gasteiger partial charge < -0.3 is 5.11 Å². The monoisotopic (exact) mass is 291 g/mol. The molecule has 1 aliphatic carbocycles. The van der Waals surface area contributed by atoms with E-state index in [2.05, 4.69) is 4.98 Å². The number of carboxylic acid groups (broad SMARTS) is 1. The third kappa shape index (κ3) is 2.07. The average molecular weight is 291 g/mol. The number of fused-ring (bicyclic) bond motifs is 2. The Hall–Kier alpha value is -2.04. The molecular weight excluding hydrogens is 276 g/mol. The van der Waals surface area contributed by atoms with Crippen molar-refractivity contribution < 1.29 is 18.7 Å². The van der Waals surface area contributed by atoms with Crippen molar-refractivity contribution in [3.05, 3.63) is 40.6 Å². The molecule has 1 heterocycles. The molecule has 0 radical (unpaired) electrons. The Morgan fingerprint density at radius 1 is 1.24 bits per heavy atom. The molecule has 1 aliphatic rings. The smallest absolute Gasteiger partial charge is 0.336 e. The van der Waals surface area contributed by atoms with Crippen molar-refractivity contribution in [2.45, 2.75) is 38.5 Å². The number of halogens is 2. The Labute approximate surface area is 120 Å². The fourth-order valence-corrected chi connectivity index (χ4v) is 3.23. The molecule has 0 fully saturated rings. The maximum atomic E-state index is 14.1. The topological polar surface area (TPSA) is 50.2 Å². The van der Waals surface area contributed by atoms with Gasteiger partial charge in [-0.05, 0) is 30.2 Å². The normalized spacial score (nSPS) is 21.3. The van der Waals surface area contributed by atoms with Crippen LogP contribution in [0.3, 0.4) is 0 Å². The second-order valence-corrected chi connectivity index (χ2v) is 5.75. The van der Waals surface area contributed by atoms with E-state index in [1.807, 2.05) is 13.8 Å². The molecule has 2 aromatic rings. The first-order chi connectivity index (χ1) is 9.90. The summed E-state index contributed by atoms with van der Waals surface area (Å²) in [5, 5.41) is 9.45. The van der Waals surface area contributed by atoms with E-state index in [1.54, 1.807) is 0 Å². The fourth-order valence-electron chi connectivity index (χ4n) is 3.23. The van der Waals surface area contributed by atoms with E-state index in [-0.39, 0.29) is 28.3 Å². The predicted molar refractivity (Wildman–Crippen MR) is 74.7 cm³/mol. The van der Waals surface area contributed by atoms with Gasteiger partial charge in [-0.15, -0.1) is 0 Å². The molecule has 0 saturated heterocycles. The molecular formula is C16H15F2NO2. The number of benzene rings is 1. The van der Waals surface area contributed by atoms with Gasteiger partial charge in [-0.25, -0.2) is 13.6 Å². The zero-order valence-corrected chi connectivity index (χ0v) is 11.8. The molecule has 110 valence electrons. The number of carboxylic acids is 1. The van der Waals surface area contributed by atoms with Crippen molar-refractivity contribution in [2.75, 3.05) is 0 Å². The van der Waals surface area contributed by atoms with Gasteiger partial charge in [0.1, 0.15) is 11.6 Å². The molecule has 1 aromatic heterocycles. The van der Waals surface area contributed by atoms with Crippen LogP contribution in [-0.2, 0) is 0 Å². The number of aromatic carboxylic acids is 1. The van der Waals surface area contributed by atoms with Crippen LogP contribution in [0.25, 0.3) is 10.9 Å². The van der Waals surface area contributed by atoms with Crippen molar-refractivity contribution in [1.29, 1.82) is 0 Å². The van der Waals surface area contributed by atoms with E-state index in [4.69, 9.17) is 0 Å². The van der Waals surface area contributed by atoms with E-state index >= 15 is 0 Å². The summed E-state index contributed by atoms with van der Waals surface area (Å²) < 4.78 is 27.5. The molecule has 0 bridgehead atoms. The molecule has 5 heteroatoms. The molecule has 0 saturated carbocycles. The summed E-state index contributed by atoms with van der Waals surface area (Å²) in [6.07, 6.45) is 1.73. The highest BCUT2D eigenvalue weighted by Gasteiger charge is 2.31. The minimum atomic E-state index is -1.19. The summed E-state index contributed by atoms with van der Waals surface area (Å²) >= 11 is 0. The zero-order chi connectivity index (χ0) is 15.3. The minimum absolute atomic E-state index is 0.00338. The number of carbonyl (C=O) groups is 1. The lowest BCUT2D eigenvalue weighted by Crippen LogP contribution is -2.19. The van der Waals surface area contributed by atoms with Gasteiger partial charge in [0.2, 0.25) is 0 Å². The Morgan fingerprint density at radius 3 is 2.57 bits per heavy atom. The van der Waals surface area contributed by atoms with E-state index < -0.39 is 17.6 Å². The number of hydrogen-bond acceptors (Lipinski definition) is 2. The van der Waals surface area contributed by atoms with Gasteiger partial charge in [-0.2, -0.15) is 0 Å². The van der Waals surface area contributed by atoms with Crippen LogP contribution in [-0.4, -0.2) is 16.1 Å². The number of hydrogen-bond donors (Lipinski definition) is 1. The average Bonchev–Trinajstić information content (AvgIpc) is 2.40. The molecule has 3 nitrogen and oxygen atoms in total. The Bertz CT molecular complexity index is 758. The Morgan fingerprint density at radius 2 is 1.90 bits per heavy atom. The van der Waals surface area contributed by atoms with Crippen LogP contribution in [0.2, 0.25) is 0 Å². The first-order valence-corrected chi connectivity index (χ1v) is 6.96. The Kier molecular flexibility index (Phi) is 3.15. The minimum Gasteiger partial charge on any atom is -0.478 e. The van der Waals surface area contributed by atoms with E-state index in [0.717, 1.165) is 18.9 Å². The number of rotatable bonds is 1. The van der Waals surface area contributed by atoms with Crippen molar-refractivity contribution in [3.63, 3.8) is 0 Å². The lowest BCUT2D eigenvalue weighted by atomic mass is 9.78. The maximum absolute atomic E-state index is 14.1. The standard InChI is InChI=1S/C16H15F2NO2/c1-7-3-4-8(2)15-12(7)14(16(20)21)13-10(18)5-9(17)6-11(13)19-15/h5-8H,3-4H2,1-2H3,(H,20,21). The predicted octanol–water partition coefficient (Wildman–Crippen LogP) is 4.21.